The maximum Gasteiger partial charge on any atom is 0.242 e. The maximum atomic E-state index is 17.9. The lowest BCUT2D eigenvalue weighted by atomic mass is 9.35. The molecule has 11 aromatic carbocycles. The third-order valence-corrected chi connectivity index (χ3v) is 12.9. The van der Waals surface area contributed by atoms with Crippen molar-refractivity contribution in [2.45, 2.75) is 13.8 Å². The first-order chi connectivity index (χ1) is 31.0. The molecule has 0 N–H and O–H groups in total. The molecule has 63 heavy (non-hydrogen) atoms. The summed E-state index contributed by atoms with van der Waals surface area (Å²) in [5.74, 6) is -0.301. The molecule has 1 nitrogen and oxygen atoms in total. The molecule has 0 aliphatic carbocycles. The van der Waals surface area contributed by atoms with Gasteiger partial charge in [0.25, 0.3) is 0 Å². The Labute approximate surface area is 368 Å². The Morgan fingerprint density at radius 3 is 1.49 bits per heavy atom. The van der Waals surface area contributed by atoms with Crippen LogP contribution in [0.1, 0.15) is 11.1 Å². The summed E-state index contributed by atoms with van der Waals surface area (Å²) in [6, 6.07) is 78.8. The van der Waals surface area contributed by atoms with E-state index in [0.29, 0.717) is 5.69 Å². The molecule has 0 heterocycles. The number of benzene rings is 11. The van der Waals surface area contributed by atoms with Crippen molar-refractivity contribution in [3.05, 3.63) is 241 Å². The molecule has 11 rings (SSSR count). The summed E-state index contributed by atoms with van der Waals surface area (Å²) in [4.78, 5) is 2.19. The van der Waals surface area contributed by atoms with Crippen molar-refractivity contribution in [2.24, 2.45) is 0 Å². The SMILES string of the molecule is Cc1ccccc1B(c1ccccc1C)c1ccc2ccc3c(N(c4ccccc4-c4ccccc4)c4c(F)cc(-c5ccccc5)cc4-c4ccccc4)ccc4ccc1c2c43. The van der Waals surface area contributed by atoms with E-state index in [9.17, 15) is 0 Å². The predicted octanol–water partition coefficient (Wildman–Crippen LogP) is 14.3. The summed E-state index contributed by atoms with van der Waals surface area (Å²) < 4.78 is 17.9. The minimum absolute atomic E-state index is 0.0244. The van der Waals surface area contributed by atoms with E-state index >= 15 is 4.39 Å². The number of rotatable bonds is 9. The van der Waals surface area contributed by atoms with E-state index in [-0.39, 0.29) is 12.5 Å². The van der Waals surface area contributed by atoms with Gasteiger partial charge in [0.05, 0.1) is 17.1 Å². The zero-order valence-electron chi connectivity index (χ0n) is 35.3. The first-order valence-electron chi connectivity index (χ1n) is 21.7. The zero-order chi connectivity index (χ0) is 42.4. The minimum Gasteiger partial charge on any atom is -0.306 e. The van der Waals surface area contributed by atoms with Gasteiger partial charge in [-0.25, -0.2) is 4.39 Å². The van der Waals surface area contributed by atoms with Gasteiger partial charge < -0.3 is 4.90 Å². The number of aryl methyl sites for hydroxylation is 2. The molecule has 0 unspecified atom stereocenters. The number of para-hydroxylation sites is 1. The van der Waals surface area contributed by atoms with Gasteiger partial charge in [0, 0.05) is 16.5 Å². The van der Waals surface area contributed by atoms with Crippen molar-refractivity contribution in [1.82, 2.24) is 0 Å². The fourth-order valence-corrected chi connectivity index (χ4v) is 9.94. The zero-order valence-corrected chi connectivity index (χ0v) is 35.3. The van der Waals surface area contributed by atoms with E-state index in [1.165, 1.54) is 49.1 Å². The second-order valence-electron chi connectivity index (χ2n) is 16.6. The highest BCUT2D eigenvalue weighted by Crippen LogP contribution is 2.50. The fourth-order valence-electron chi connectivity index (χ4n) is 9.94. The van der Waals surface area contributed by atoms with Crippen LogP contribution in [0.15, 0.2) is 224 Å². The second-order valence-corrected chi connectivity index (χ2v) is 16.6. The van der Waals surface area contributed by atoms with E-state index < -0.39 is 0 Å². The average molecular weight is 808 g/mol. The lowest BCUT2D eigenvalue weighted by Gasteiger charge is -2.32. The van der Waals surface area contributed by atoms with Gasteiger partial charge in [0.2, 0.25) is 6.71 Å². The van der Waals surface area contributed by atoms with E-state index in [2.05, 4.69) is 183 Å². The Morgan fingerprint density at radius 1 is 0.365 bits per heavy atom. The second kappa shape index (κ2) is 15.9. The van der Waals surface area contributed by atoms with Gasteiger partial charge in [0.15, 0.2) is 0 Å². The van der Waals surface area contributed by atoms with Crippen molar-refractivity contribution in [3.63, 3.8) is 0 Å². The molecule has 11 aromatic rings. The van der Waals surface area contributed by atoms with Gasteiger partial charge in [-0.2, -0.15) is 0 Å². The maximum absolute atomic E-state index is 17.9. The largest absolute Gasteiger partial charge is 0.306 e. The summed E-state index contributed by atoms with van der Waals surface area (Å²) >= 11 is 0. The Hall–Kier alpha value is -7.75. The molecule has 0 radical (unpaired) electrons. The lowest BCUT2D eigenvalue weighted by molar-refractivity contribution is 0.630. The Balaban J connectivity index is 1.23. The molecule has 0 saturated heterocycles. The van der Waals surface area contributed by atoms with Crippen molar-refractivity contribution >= 4 is 72.5 Å². The van der Waals surface area contributed by atoms with Crippen LogP contribution < -0.4 is 21.3 Å². The molecule has 0 bridgehead atoms. The highest BCUT2D eigenvalue weighted by Gasteiger charge is 2.30. The Bertz CT molecular complexity index is 3390. The standard InChI is InChI=1S/C60H43BFN/c1-40-18-12-15-27-52(40)61(53-28-16-13-19-41(53)2)54-36-32-45-31-35-50-57(37-33-46-30-34-49(54)58(45)59(46)50)63(56-29-17-14-26-48(56)43-22-8-4-9-23-43)60-51(44-24-10-5-11-25-44)38-47(39-55(60)62)42-20-6-3-7-21-42/h3-39H,1-2H3. The number of hydrogen-bond acceptors (Lipinski definition) is 1. The molecule has 0 aliphatic rings. The summed E-state index contributed by atoms with van der Waals surface area (Å²) in [5, 5.41) is 6.99. The summed E-state index contributed by atoms with van der Waals surface area (Å²) in [6.07, 6.45) is 0. The summed E-state index contributed by atoms with van der Waals surface area (Å²) in [7, 11) is 0. The van der Waals surface area contributed by atoms with Crippen LogP contribution in [0.25, 0.3) is 65.7 Å². The van der Waals surface area contributed by atoms with E-state index in [1.807, 2.05) is 54.6 Å². The molecule has 0 saturated carbocycles. The first kappa shape index (κ1) is 38.2. The van der Waals surface area contributed by atoms with Crippen molar-refractivity contribution in [1.29, 1.82) is 0 Å². The van der Waals surface area contributed by atoms with Crippen LogP contribution in [0, 0.1) is 19.7 Å². The summed E-state index contributed by atoms with van der Waals surface area (Å²) in [6.45, 7) is 4.47. The quantitative estimate of drug-likeness (QED) is 0.104. The number of hydrogen-bond donors (Lipinski definition) is 0. The number of halogens is 1. The highest BCUT2D eigenvalue weighted by atomic mass is 19.1. The molecule has 0 atom stereocenters. The van der Waals surface area contributed by atoms with Gasteiger partial charge in [-0.05, 0) is 87.3 Å². The van der Waals surface area contributed by atoms with Crippen LogP contribution in [0.4, 0.5) is 21.5 Å². The van der Waals surface area contributed by atoms with E-state index in [0.717, 1.165) is 55.5 Å². The molecular formula is C60H43BFN. The first-order valence-corrected chi connectivity index (χ1v) is 21.7. The Morgan fingerprint density at radius 2 is 0.857 bits per heavy atom. The van der Waals surface area contributed by atoms with Crippen molar-refractivity contribution in [3.8, 4) is 33.4 Å². The average Bonchev–Trinajstić information content (AvgIpc) is 3.34. The molecule has 0 aliphatic heterocycles. The molecule has 298 valence electrons. The third-order valence-electron chi connectivity index (χ3n) is 12.9. The van der Waals surface area contributed by atoms with Gasteiger partial charge in [-0.15, -0.1) is 0 Å². The Kier molecular flexibility index (Phi) is 9.66. The van der Waals surface area contributed by atoms with E-state index in [4.69, 9.17) is 0 Å². The normalized spacial score (nSPS) is 11.4. The minimum atomic E-state index is -0.301. The fraction of sp³-hybridized carbons (Fsp3) is 0.0333. The van der Waals surface area contributed by atoms with Gasteiger partial charge >= 0.3 is 0 Å². The van der Waals surface area contributed by atoms with Gasteiger partial charge in [-0.3, -0.25) is 0 Å². The lowest BCUT2D eigenvalue weighted by Crippen LogP contribution is -2.54. The predicted molar refractivity (Wildman–Crippen MR) is 268 cm³/mol. The molecule has 3 heteroatoms. The van der Waals surface area contributed by atoms with Crippen molar-refractivity contribution < 1.29 is 4.39 Å². The third kappa shape index (κ3) is 6.65. The number of anilines is 3. The monoisotopic (exact) mass is 807 g/mol. The summed E-state index contributed by atoms with van der Waals surface area (Å²) in [5.41, 5.74) is 14.3. The molecular weight excluding hydrogens is 764 g/mol. The highest BCUT2D eigenvalue weighted by molar-refractivity contribution is 6.97. The molecule has 0 aromatic heterocycles. The van der Waals surface area contributed by atoms with Crippen LogP contribution in [-0.4, -0.2) is 6.71 Å². The van der Waals surface area contributed by atoms with E-state index in [1.54, 1.807) is 6.07 Å². The van der Waals surface area contributed by atoms with Crippen LogP contribution >= 0.6 is 0 Å². The number of nitrogens with zero attached hydrogens (tertiary/aromatic N) is 1. The van der Waals surface area contributed by atoms with Gasteiger partial charge in [0.1, 0.15) is 5.82 Å². The molecule has 0 fully saturated rings. The van der Waals surface area contributed by atoms with Crippen molar-refractivity contribution in [2.75, 3.05) is 4.90 Å². The molecule has 0 spiro atoms. The smallest absolute Gasteiger partial charge is 0.242 e. The van der Waals surface area contributed by atoms with Crippen LogP contribution in [-0.2, 0) is 0 Å². The van der Waals surface area contributed by atoms with Gasteiger partial charge in [-0.1, -0.05) is 228 Å². The van der Waals surface area contributed by atoms with Crippen LogP contribution in [0.5, 0.6) is 0 Å². The topological polar surface area (TPSA) is 3.24 Å². The van der Waals surface area contributed by atoms with Crippen LogP contribution in [0.3, 0.4) is 0 Å². The van der Waals surface area contributed by atoms with Crippen LogP contribution in [0.2, 0.25) is 0 Å². The molecule has 0 amide bonds.